The van der Waals surface area contributed by atoms with Crippen molar-refractivity contribution in [1.82, 2.24) is 0 Å². The van der Waals surface area contributed by atoms with Gasteiger partial charge in [0.15, 0.2) is 0 Å². The van der Waals surface area contributed by atoms with E-state index in [2.05, 4.69) is 0 Å². The highest BCUT2D eigenvalue weighted by molar-refractivity contribution is 6.67. The van der Waals surface area contributed by atoms with Gasteiger partial charge < -0.3 is 14.6 Å². The average Bonchev–Trinajstić information content (AvgIpc) is 2.45. The maximum atomic E-state index is 11.5. The van der Waals surface area contributed by atoms with Crippen LogP contribution in [0.3, 0.4) is 0 Å². The lowest BCUT2D eigenvalue weighted by Gasteiger charge is -2.17. The van der Waals surface area contributed by atoms with Gasteiger partial charge in [0.1, 0.15) is 12.7 Å². The number of aliphatic hydroxyl groups is 1. The lowest BCUT2D eigenvalue weighted by Crippen LogP contribution is -2.24. The van der Waals surface area contributed by atoms with Crippen molar-refractivity contribution < 1.29 is 19.4 Å². The lowest BCUT2D eigenvalue weighted by atomic mass is 10.2. The number of hydrogen-bond acceptors (Lipinski definition) is 4. The molecule has 0 saturated heterocycles. The van der Waals surface area contributed by atoms with Crippen LogP contribution in [-0.4, -0.2) is 33.7 Å². The van der Waals surface area contributed by atoms with Crippen molar-refractivity contribution in [3.63, 3.8) is 0 Å². The summed E-state index contributed by atoms with van der Waals surface area (Å²) in [6.45, 7) is 1.52. The Labute approximate surface area is 144 Å². The maximum Gasteiger partial charge on any atom is 0.330 e. The Hall–Kier alpha value is -0.780. The zero-order chi connectivity index (χ0) is 16.6. The highest BCUT2D eigenvalue weighted by atomic mass is 35.6. The number of aliphatic hydroxyl groups excluding tert-OH is 1. The van der Waals surface area contributed by atoms with Crippen LogP contribution >= 0.6 is 34.8 Å². The van der Waals surface area contributed by atoms with Crippen molar-refractivity contribution in [3.05, 3.63) is 48.0 Å². The Kier molecular flexibility index (Phi) is 8.21. The number of carbonyl (C=O) groups is 1. The van der Waals surface area contributed by atoms with E-state index in [9.17, 15) is 9.90 Å². The van der Waals surface area contributed by atoms with E-state index in [0.29, 0.717) is 6.61 Å². The third kappa shape index (κ3) is 8.61. The summed E-state index contributed by atoms with van der Waals surface area (Å²) in [4.78, 5) is 11.5. The Morgan fingerprint density at radius 2 is 1.95 bits per heavy atom. The molecule has 0 aromatic heterocycles. The van der Waals surface area contributed by atoms with Crippen molar-refractivity contribution >= 4 is 40.8 Å². The van der Waals surface area contributed by atoms with Crippen molar-refractivity contribution in [2.24, 2.45) is 0 Å². The molecule has 0 heterocycles. The van der Waals surface area contributed by atoms with Crippen LogP contribution in [0.25, 0.3) is 0 Å². The summed E-state index contributed by atoms with van der Waals surface area (Å²) in [7, 11) is 0. The molecular weight excluding hydrogens is 351 g/mol. The van der Waals surface area contributed by atoms with Crippen molar-refractivity contribution in [2.45, 2.75) is 29.5 Å². The highest BCUT2D eigenvalue weighted by Gasteiger charge is 2.21. The van der Waals surface area contributed by atoms with Gasteiger partial charge >= 0.3 is 5.97 Å². The molecule has 1 aromatic rings. The summed E-state index contributed by atoms with van der Waals surface area (Å²) in [6.07, 6.45) is 1.11. The third-order valence-corrected chi connectivity index (χ3v) is 2.89. The Morgan fingerprint density at radius 3 is 2.50 bits per heavy atom. The van der Waals surface area contributed by atoms with E-state index >= 15 is 0 Å². The number of rotatable bonds is 7. The van der Waals surface area contributed by atoms with Crippen LogP contribution in [0.4, 0.5) is 0 Å². The SMILES string of the molecule is C[C@H](O)[C@@H](/C=C/C(=O)OCC(Cl)(Cl)Cl)OCc1ccccc1. The van der Waals surface area contributed by atoms with Crippen molar-refractivity contribution in [2.75, 3.05) is 6.61 Å². The number of esters is 1. The lowest BCUT2D eigenvalue weighted by molar-refractivity contribution is -0.137. The van der Waals surface area contributed by atoms with Gasteiger partial charge in [0.25, 0.3) is 0 Å². The van der Waals surface area contributed by atoms with Crippen molar-refractivity contribution in [3.8, 4) is 0 Å². The van der Waals surface area contributed by atoms with E-state index in [4.69, 9.17) is 44.3 Å². The van der Waals surface area contributed by atoms with Gasteiger partial charge in [0.05, 0.1) is 12.7 Å². The maximum absolute atomic E-state index is 11.5. The molecule has 0 bridgehead atoms. The molecule has 0 spiro atoms. The number of halogens is 3. The summed E-state index contributed by atoms with van der Waals surface area (Å²) in [5, 5.41) is 9.67. The van der Waals surface area contributed by atoms with Crippen LogP contribution in [0.5, 0.6) is 0 Å². The van der Waals surface area contributed by atoms with Crippen LogP contribution in [0.1, 0.15) is 12.5 Å². The zero-order valence-corrected chi connectivity index (χ0v) is 14.2. The Morgan fingerprint density at radius 1 is 1.32 bits per heavy atom. The summed E-state index contributed by atoms with van der Waals surface area (Å²) in [5.74, 6) is -0.680. The van der Waals surface area contributed by atoms with Gasteiger partial charge in [-0.25, -0.2) is 4.79 Å². The standard InChI is InChI=1S/C15H17Cl3O4/c1-11(19)13(21-9-12-5-3-2-4-6-12)7-8-14(20)22-10-15(16,17)18/h2-8,11,13,19H,9-10H2,1H3/b8-7+/t11-,13+/m0/s1. The van der Waals surface area contributed by atoms with E-state index in [1.54, 1.807) is 6.92 Å². The predicted molar refractivity (Wildman–Crippen MR) is 87.1 cm³/mol. The quantitative estimate of drug-likeness (QED) is 0.456. The van der Waals surface area contributed by atoms with E-state index in [-0.39, 0.29) is 6.61 Å². The van der Waals surface area contributed by atoms with Gasteiger partial charge in [-0.05, 0) is 18.6 Å². The first-order valence-electron chi connectivity index (χ1n) is 6.53. The van der Waals surface area contributed by atoms with Gasteiger partial charge in [-0.3, -0.25) is 0 Å². The van der Waals surface area contributed by atoms with Gasteiger partial charge in [0.2, 0.25) is 3.79 Å². The molecule has 4 nitrogen and oxygen atoms in total. The zero-order valence-electron chi connectivity index (χ0n) is 11.9. The average molecular weight is 368 g/mol. The van der Waals surface area contributed by atoms with Crippen molar-refractivity contribution in [1.29, 1.82) is 0 Å². The van der Waals surface area contributed by atoms with Crippen LogP contribution < -0.4 is 0 Å². The second kappa shape index (κ2) is 9.38. The highest BCUT2D eigenvalue weighted by Crippen LogP contribution is 2.25. The van der Waals surface area contributed by atoms with Gasteiger partial charge in [0, 0.05) is 6.08 Å². The third-order valence-electron chi connectivity index (χ3n) is 2.56. The fourth-order valence-corrected chi connectivity index (χ4v) is 1.66. The molecule has 0 radical (unpaired) electrons. The molecule has 0 amide bonds. The van der Waals surface area contributed by atoms with E-state index in [1.807, 2.05) is 30.3 Å². The first kappa shape index (κ1) is 19.3. The predicted octanol–water partition coefficient (Wildman–Crippen LogP) is 3.42. The smallest absolute Gasteiger partial charge is 0.330 e. The molecule has 1 N–H and O–H groups in total. The number of alkyl halides is 3. The van der Waals surface area contributed by atoms with Crippen LogP contribution in [0.2, 0.25) is 0 Å². The minimum Gasteiger partial charge on any atom is -0.458 e. The van der Waals surface area contributed by atoms with E-state index in [1.165, 1.54) is 6.08 Å². The summed E-state index contributed by atoms with van der Waals surface area (Å²) in [5.41, 5.74) is 0.959. The monoisotopic (exact) mass is 366 g/mol. The molecular formula is C15H17Cl3O4. The van der Waals surface area contributed by atoms with Crippen LogP contribution in [0, 0.1) is 0 Å². The molecule has 22 heavy (non-hydrogen) atoms. The molecule has 0 unspecified atom stereocenters. The van der Waals surface area contributed by atoms with E-state index in [0.717, 1.165) is 11.6 Å². The minimum absolute atomic E-state index is 0.309. The Balaban J connectivity index is 2.49. The second-order valence-electron chi connectivity index (χ2n) is 4.58. The van der Waals surface area contributed by atoms with Gasteiger partial charge in [-0.15, -0.1) is 0 Å². The van der Waals surface area contributed by atoms with Crippen LogP contribution in [-0.2, 0) is 20.9 Å². The molecule has 122 valence electrons. The topological polar surface area (TPSA) is 55.8 Å². The summed E-state index contributed by atoms with van der Waals surface area (Å²) in [6, 6.07) is 9.48. The Bertz CT molecular complexity index is 483. The first-order valence-corrected chi connectivity index (χ1v) is 7.66. The first-order chi connectivity index (χ1) is 10.3. The van der Waals surface area contributed by atoms with Gasteiger partial charge in [-0.2, -0.15) is 0 Å². The minimum atomic E-state index is -1.66. The second-order valence-corrected chi connectivity index (χ2v) is 7.10. The number of benzene rings is 1. The van der Waals surface area contributed by atoms with E-state index < -0.39 is 22.0 Å². The van der Waals surface area contributed by atoms with Gasteiger partial charge in [-0.1, -0.05) is 65.1 Å². The normalized spacial score (nSPS) is 14.8. The molecule has 0 aliphatic carbocycles. The number of hydrogen-bond donors (Lipinski definition) is 1. The fourth-order valence-electron chi connectivity index (χ4n) is 1.50. The number of ether oxygens (including phenoxy) is 2. The molecule has 0 saturated carbocycles. The largest absolute Gasteiger partial charge is 0.458 e. The molecule has 0 aliphatic rings. The molecule has 1 rings (SSSR count). The number of carbonyl (C=O) groups excluding carboxylic acids is 1. The summed E-state index contributed by atoms with van der Waals surface area (Å²) >= 11 is 16.4. The molecule has 2 atom stereocenters. The van der Waals surface area contributed by atoms with Crippen LogP contribution in [0.15, 0.2) is 42.5 Å². The molecule has 1 aromatic carbocycles. The molecule has 0 aliphatic heterocycles. The summed E-state index contributed by atoms with van der Waals surface area (Å²) < 4.78 is 8.65. The molecule has 0 fully saturated rings. The fraction of sp³-hybridized carbons (Fsp3) is 0.400. The molecule has 7 heteroatoms.